The maximum Gasteiger partial charge on any atom is 0.276 e. The highest BCUT2D eigenvalue weighted by Crippen LogP contribution is 2.38. The van der Waals surface area contributed by atoms with Gasteiger partial charge in [-0.3, -0.25) is 9.59 Å². The quantitative estimate of drug-likeness (QED) is 0.360. The monoisotopic (exact) mass is 423 g/mol. The highest BCUT2D eigenvalue weighted by molar-refractivity contribution is 6.39. The molecule has 1 amide bonds. The zero-order chi connectivity index (χ0) is 20.8. The van der Waals surface area contributed by atoms with E-state index in [0.717, 1.165) is 9.98 Å². The fraction of sp³-hybridized carbons (Fsp3) is 0.263. The second-order valence-electron chi connectivity index (χ2n) is 5.79. The van der Waals surface area contributed by atoms with Crippen LogP contribution in [0.25, 0.3) is 0 Å². The SMILES string of the molecule is COc1cccc(N(Cl)C(=O)C(N=Nc2cc(Cl)ccc2C)C(C)=O)c1OC. The lowest BCUT2D eigenvalue weighted by Gasteiger charge is -2.20. The lowest BCUT2D eigenvalue weighted by Crippen LogP contribution is -2.36. The summed E-state index contributed by atoms with van der Waals surface area (Å²) in [6.45, 7) is 3.05. The Balaban J connectivity index is 2.36. The number of ether oxygens (including phenoxy) is 2. The molecule has 2 aromatic carbocycles. The number of rotatable bonds is 7. The normalized spacial score (nSPS) is 11.9. The fourth-order valence-corrected chi connectivity index (χ4v) is 2.76. The first-order valence-corrected chi connectivity index (χ1v) is 8.90. The van der Waals surface area contributed by atoms with E-state index in [1.165, 1.54) is 21.1 Å². The molecule has 28 heavy (non-hydrogen) atoms. The van der Waals surface area contributed by atoms with E-state index < -0.39 is 17.7 Å². The summed E-state index contributed by atoms with van der Waals surface area (Å²) in [6, 6.07) is 8.48. The third-order valence-corrected chi connectivity index (χ3v) is 4.44. The van der Waals surface area contributed by atoms with Gasteiger partial charge in [-0.05, 0) is 43.7 Å². The number of carbonyl (C=O) groups excluding carboxylic acids is 2. The van der Waals surface area contributed by atoms with Crippen LogP contribution in [0.15, 0.2) is 46.6 Å². The van der Waals surface area contributed by atoms with Crippen LogP contribution in [-0.2, 0) is 9.59 Å². The Morgan fingerprint density at radius 1 is 1.14 bits per heavy atom. The Morgan fingerprint density at radius 2 is 1.86 bits per heavy atom. The molecule has 1 unspecified atom stereocenters. The molecule has 148 valence electrons. The molecule has 1 atom stereocenters. The number of carbonyl (C=O) groups is 2. The smallest absolute Gasteiger partial charge is 0.276 e. The second-order valence-corrected chi connectivity index (χ2v) is 6.57. The number of aryl methyl sites for hydroxylation is 1. The summed E-state index contributed by atoms with van der Waals surface area (Å²) in [5.74, 6) is -0.655. The molecule has 7 nitrogen and oxygen atoms in total. The van der Waals surface area contributed by atoms with Crippen molar-refractivity contribution < 1.29 is 19.1 Å². The van der Waals surface area contributed by atoms with Gasteiger partial charge in [0.1, 0.15) is 5.69 Å². The van der Waals surface area contributed by atoms with Crippen molar-refractivity contribution in [3.8, 4) is 11.5 Å². The maximum atomic E-state index is 12.8. The van der Waals surface area contributed by atoms with E-state index in [9.17, 15) is 9.59 Å². The lowest BCUT2D eigenvalue weighted by atomic mass is 10.2. The molecule has 0 saturated heterocycles. The van der Waals surface area contributed by atoms with E-state index in [0.29, 0.717) is 16.5 Å². The Kier molecular flexibility index (Phi) is 7.37. The molecular formula is C19H19Cl2N3O4. The van der Waals surface area contributed by atoms with Crippen LogP contribution in [0.2, 0.25) is 5.02 Å². The third-order valence-electron chi connectivity index (χ3n) is 3.86. The first-order valence-electron chi connectivity index (χ1n) is 8.18. The largest absolute Gasteiger partial charge is 0.493 e. The van der Waals surface area contributed by atoms with Gasteiger partial charge < -0.3 is 9.47 Å². The average molecular weight is 424 g/mol. The van der Waals surface area contributed by atoms with E-state index in [1.807, 2.05) is 6.92 Å². The van der Waals surface area contributed by atoms with Gasteiger partial charge in [0.2, 0.25) is 6.04 Å². The molecule has 0 aliphatic rings. The van der Waals surface area contributed by atoms with E-state index >= 15 is 0 Å². The molecule has 0 aliphatic heterocycles. The van der Waals surface area contributed by atoms with Crippen molar-refractivity contribution in [3.63, 3.8) is 0 Å². The molecule has 9 heteroatoms. The lowest BCUT2D eigenvalue weighted by molar-refractivity contribution is -0.126. The second kappa shape index (κ2) is 9.52. The summed E-state index contributed by atoms with van der Waals surface area (Å²) in [4.78, 5) is 24.9. The minimum Gasteiger partial charge on any atom is -0.493 e. The molecule has 2 aromatic rings. The molecule has 0 spiro atoms. The third kappa shape index (κ3) is 4.79. The van der Waals surface area contributed by atoms with Gasteiger partial charge in [-0.1, -0.05) is 23.7 Å². The van der Waals surface area contributed by atoms with Gasteiger partial charge in [0.05, 0.1) is 19.9 Å². The zero-order valence-corrected chi connectivity index (χ0v) is 17.3. The standard InChI is InChI=1S/C19H19Cl2N3O4/c1-11-8-9-13(20)10-14(11)22-23-17(12(2)25)19(26)24(21)15-6-5-7-16(27-3)18(15)28-4/h5-10,17H,1-4H3. The first-order chi connectivity index (χ1) is 13.3. The van der Waals surface area contributed by atoms with Crippen LogP contribution in [0.3, 0.4) is 0 Å². The van der Waals surface area contributed by atoms with E-state index in [1.54, 1.807) is 36.4 Å². The summed E-state index contributed by atoms with van der Waals surface area (Å²) in [5.41, 5.74) is 1.46. The Bertz CT molecular complexity index is 918. The van der Waals surface area contributed by atoms with Gasteiger partial charge in [-0.2, -0.15) is 10.2 Å². The summed E-state index contributed by atoms with van der Waals surface area (Å²) in [6.07, 6.45) is 0. The number of anilines is 1. The van der Waals surface area contributed by atoms with Gasteiger partial charge in [-0.15, -0.1) is 0 Å². The van der Waals surface area contributed by atoms with Crippen molar-refractivity contribution in [1.29, 1.82) is 0 Å². The van der Waals surface area contributed by atoms with Gasteiger partial charge in [0, 0.05) is 16.8 Å². The number of para-hydroxylation sites is 1. The topological polar surface area (TPSA) is 80.6 Å². The summed E-state index contributed by atoms with van der Waals surface area (Å²) >= 11 is 12.2. The van der Waals surface area contributed by atoms with Crippen LogP contribution >= 0.6 is 23.4 Å². The molecule has 0 saturated carbocycles. The number of benzene rings is 2. The molecule has 0 aromatic heterocycles. The number of halogens is 2. The molecule has 0 heterocycles. The highest BCUT2D eigenvalue weighted by Gasteiger charge is 2.31. The van der Waals surface area contributed by atoms with Gasteiger partial charge in [0.25, 0.3) is 5.91 Å². The predicted octanol–water partition coefficient (Wildman–Crippen LogP) is 4.89. The van der Waals surface area contributed by atoms with Crippen molar-refractivity contribution in [2.24, 2.45) is 10.2 Å². The van der Waals surface area contributed by atoms with Gasteiger partial charge in [0.15, 0.2) is 17.3 Å². The fourth-order valence-electron chi connectivity index (χ4n) is 2.37. The van der Waals surface area contributed by atoms with Gasteiger partial charge >= 0.3 is 0 Å². The molecule has 0 aliphatic carbocycles. The summed E-state index contributed by atoms with van der Waals surface area (Å²) < 4.78 is 11.3. The minimum absolute atomic E-state index is 0.217. The van der Waals surface area contributed by atoms with Crippen molar-refractivity contribution in [2.75, 3.05) is 18.6 Å². The first kappa shape index (κ1) is 21.7. The number of ketones is 1. The predicted molar refractivity (Wildman–Crippen MR) is 108 cm³/mol. The van der Waals surface area contributed by atoms with Crippen LogP contribution in [0.4, 0.5) is 11.4 Å². The van der Waals surface area contributed by atoms with Crippen molar-refractivity contribution >= 4 is 46.4 Å². The van der Waals surface area contributed by atoms with Crippen LogP contribution in [0.5, 0.6) is 11.5 Å². The van der Waals surface area contributed by atoms with E-state index in [2.05, 4.69) is 10.2 Å². The molecule has 2 rings (SSSR count). The number of Topliss-reactive ketones (excluding diaryl/α,β-unsaturated/α-hetero) is 1. The minimum atomic E-state index is -1.42. The molecule has 0 bridgehead atoms. The van der Waals surface area contributed by atoms with Crippen molar-refractivity contribution in [3.05, 3.63) is 47.0 Å². The van der Waals surface area contributed by atoms with Crippen molar-refractivity contribution in [1.82, 2.24) is 0 Å². The molecule has 0 fully saturated rings. The van der Waals surface area contributed by atoms with Crippen LogP contribution in [0, 0.1) is 6.92 Å². The summed E-state index contributed by atoms with van der Waals surface area (Å²) in [5, 5.41) is 8.39. The Hall–Kier alpha value is -2.64. The molecule has 0 radical (unpaired) electrons. The summed E-state index contributed by atoms with van der Waals surface area (Å²) in [7, 11) is 2.88. The number of amides is 1. The molecular weight excluding hydrogens is 405 g/mol. The van der Waals surface area contributed by atoms with Crippen LogP contribution in [0.1, 0.15) is 12.5 Å². The van der Waals surface area contributed by atoms with E-state index in [-0.39, 0.29) is 11.4 Å². The number of hydrogen-bond acceptors (Lipinski definition) is 6. The average Bonchev–Trinajstić information content (AvgIpc) is 2.68. The Morgan fingerprint density at radius 3 is 2.46 bits per heavy atom. The van der Waals surface area contributed by atoms with Crippen molar-refractivity contribution in [2.45, 2.75) is 19.9 Å². The van der Waals surface area contributed by atoms with Crippen LogP contribution < -0.4 is 13.9 Å². The number of hydrogen-bond donors (Lipinski definition) is 0. The number of methoxy groups -OCH3 is 2. The highest BCUT2D eigenvalue weighted by atomic mass is 35.5. The van der Waals surface area contributed by atoms with Gasteiger partial charge in [-0.25, -0.2) is 4.42 Å². The maximum absolute atomic E-state index is 12.8. The van der Waals surface area contributed by atoms with Crippen LogP contribution in [-0.4, -0.2) is 32.0 Å². The number of nitrogens with zero attached hydrogens (tertiary/aromatic N) is 3. The Labute approximate surface area is 173 Å². The number of azo groups is 1. The molecule has 0 N–H and O–H groups in total. The zero-order valence-electron chi connectivity index (χ0n) is 15.8. The van der Waals surface area contributed by atoms with E-state index in [4.69, 9.17) is 32.9 Å².